The van der Waals surface area contributed by atoms with Crippen molar-refractivity contribution in [2.75, 3.05) is 0 Å². The van der Waals surface area contributed by atoms with Crippen molar-refractivity contribution >= 4 is 34.8 Å². The monoisotopic (exact) mass is 353 g/mol. The maximum atomic E-state index is 12.3. The standard InChI is InChI=1S/C18H21Cl2NO2/c1-2-3-4-5-15-13(6-7-16(15)23)11-14(22)8-12-9-17(19)21-18(20)10-12/h3-4,9-10,13,15H,2,5-8,11H2,1H3/b4-3-/t13-,15-/m0/s1. The molecular weight excluding hydrogens is 333 g/mol. The van der Waals surface area contributed by atoms with Crippen molar-refractivity contribution in [3.8, 4) is 0 Å². The van der Waals surface area contributed by atoms with Gasteiger partial charge >= 0.3 is 0 Å². The second kappa shape index (κ2) is 8.60. The molecule has 2 atom stereocenters. The average molecular weight is 354 g/mol. The van der Waals surface area contributed by atoms with E-state index < -0.39 is 0 Å². The van der Waals surface area contributed by atoms with Gasteiger partial charge in [-0.1, -0.05) is 42.3 Å². The van der Waals surface area contributed by atoms with E-state index in [9.17, 15) is 9.59 Å². The van der Waals surface area contributed by atoms with Gasteiger partial charge in [0.1, 0.15) is 21.9 Å². The minimum Gasteiger partial charge on any atom is -0.299 e. The number of hydrogen-bond acceptors (Lipinski definition) is 3. The zero-order chi connectivity index (χ0) is 16.8. The van der Waals surface area contributed by atoms with Gasteiger partial charge in [0.25, 0.3) is 0 Å². The number of hydrogen-bond donors (Lipinski definition) is 0. The van der Waals surface area contributed by atoms with Crippen LogP contribution in [0.25, 0.3) is 0 Å². The first-order valence-electron chi connectivity index (χ1n) is 8.01. The van der Waals surface area contributed by atoms with E-state index in [1.807, 2.05) is 0 Å². The summed E-state index contributed by atoms with van der Waals surface area (Å²) in [5.74, 6) is 0.557. The van der Waals surface area contributed by atoms with Crippen LogP contribution in [0.5, 0.6) is 0 Å². The molecule has 5 heteroatoms. The molecule has 1 heterocycles. The summed E-state index contributed by atoms with van der Waals surface area (Å²) in [7, 11) is 0. The predicted octanol–water partition coefficient (Wildman–Crippen LogP) is 4.84. The number of nitrogens with zero attached hydrogens (tertiary/aromatic N) is 1. The Labute approximate surface area is 147 Å². The van der Waals surface area contributed by atoms with Gasteiger partial charge in [-0.2, -0.15) is 0 Å². The average Bonchev–Trinajstić information content (AvgIpc) is 2.79. The van der Waals surface area contributed by atoms with Crippen molar-refractivity contribution in [2.24, 2.45) is 11.8 Å². The van der Waals surface area contributed by atoms with Crippen LogP contribution in [0.1, 0.15) is 44.6 Å². The van der Waals surface area contributed by atoms with Gasteiger partial charge in [0, 0.05) is 25.2 Å². The van der Waals surface area contributed by atoms with Crippen LogP contribution in [-0.4, -0.2) is 16.6 Å². The lowest BCUT2D eigenvalue weighted by Crippen LogP contribution is -2.18. The molecule has 1 saturated carbocycles. The van der Waals surface area contributed by atoms with E-state index in [2.05, 4.69) is 24.1 Å². The Hall–Kier alpha value is -1.19. The molecule has 1 aliphatic rings. The smallest absolute Gasteiger partial charge is 0.137 e. The minimum atomic E-state index is -0.00799. The first-order valence-corrected chi connectivity index (χ1v) is 8.76. The lowest BCUT2D eigenvalue weighted by Gasteiger charge is -2.16. The summed E-state index contributed by atoms with van der Waals surface area (Å²) in [5, 5.41) is 0.581. The molecule has 0 N–H and O–H groups in total. The molecule has 1 aromatic heterocycles. The lowest BCUT2D eigenvalue weighted by molar-refractivity contribution is -0.122. The molecule has 1 aromatic rings. The molecule has 0 unspecified atom stereocenters. The van der Waals surface area contributed by atoms with Gasteiger partial charge in [-0.3, -0.25) is 9.59 Å². The van der Waals surface area contributed by atoms with Gasteiger partial charge < -0.3 is 0 Å². The van der Waals surface area contributed by atoms with E-state index in [1.54, 1.807) is 12.1 Å². The van der Waals surface area contributed by atoms with Crippen molar-refractivity contribution in [2.45, 2.75) is 45.4 Å². The van der Waals surface area contributed by atoms with Gasteiger partial charge in [-0.15, -0.1) is 0 Å². The molecule has 2 rings (SSSR count). The van der Waals surface area contributed by atoms with Gasteiger partial charge in [0.2, 0.25) is 0 Å². The summed E-state index contributed by atoms with van der Waals surface area (Å²) in [6.07, 6.45) is 7.98. The quantitative estimate of drug-likeness (QED) is 0.520. The first kappa shape index (κ1) is 18.2. The van der Waals surface area contributed by atoms with Crippen molar-refractivity contribution in [3.05, 3.63) is 40.2 Å². The molecule has 3 nitrogen and oxygen atoms in total. The minimum absolute atomic E-state index is 0.00799. The molecule has 0 radical (unpaired) electrons. The highest BCUT2D eigenvalue weighted by molar-refractivity contribution is 6.32. The van der Waals surface area contributed by atoms with Gasteiger partial charge in [-0.25, -0.2) is 4.98 Å². The molecule has 23 heavy (non-hydrogen) atoms. The van der Waals surface area contributed by atoms with Crippen LogP contribution in [0, 0.1) is 11.8 Å². The Kier molecular flexibility index (Phi) is 6.79. The van der Waals surface area contributed by atoms with E-state index >= 15 is 0 Å². The Morgan fingerprint density at radius 1 is 1.30 bits per heavy atom. The fraction of sp³-hybridized carbons (Fsp3) is 0.500. The lowest BCUT2D eigenvalue weighted by atomic mass is 9.87. The maximum absolute atomic E-state index is 12.3. The molecule has 0 bridgehead atoms. The second-order valence-electron chi connectivity index (χ2n) is 6.03. The molecular formula is C18H21Cl2NO2. The number of pyridine rings is 1. The summed E-state index contributed by atoms with van der Waals surface area (Å²) in [6.45, 7) is 2.07. The summed E-state index contributed by atoms with van der Waals surface area (Å²) in [6, 6.07) is 3.32. The Balaban J connectivity index is 1.95. The van der Waals surface area contributed by atoms with Gasteiger partial charge in [0.05, 0.1) is 0 Å². The summed E-state index contributed by atoms with van der Waals surface area (Å²) < 4.78 is 0. The van der Waals surface area contributed by atoms with Crippen LogP contribution < -0.4 is 0 Å². The third kappa shape index (κ3) is 5.43. The van der Waals surface area contributed by atoms with Crippen LogP contribution >= 0.6 is 23.2 Å². The molecule has 1 fully saturated rings. The van der Waals surface area contributed by atoms with E-state index in [1.165, 1.54) is 0 Å². The highest BCUT2D eigenvalue weighted by Gasteiger charge is 2.34. The fourth-order valence-corrected chi connectivity index (χ4v) is 3.67. The summed E-state index contributed by atoms with van der Waals surface area (Å²) in [4.78, 5) is 28.2. The normalized spacial score (nSPS) is 21.3. The van der Waals surface area contributed by atoms with Crippen molar-refractivity contribution in [1.82, 2.24) is 4.98 Å². The van der Waals surface area contributed by atoms with E-state index in [0.717, 1.165) is 24.8 Å². The number of aromatic nitrogens is 1. The van der Waals surface area contributed by atoms with E-state index in [-0.39, 0.29) is 24.0 Å². The number of ketones is 2. The Morgan fingerprint density at radius 2 is 2.00 bits per heavy atom. The fourth-order valence-electron chi connectivity index (χ4n) is 3.16. The van der Waals surface area contributed by atoms with Crippen molar-refractivity contribution in [3.63, 3.8) is 0 Å². The van der Waals surface area contributed by atoms with Crippen LogP contribution in [0.2, 0.25) is 10.3 Å². The number of carbonyl (C=O) groups is 2. The number of allylic oxidation sites excluding steroid dienone is 2. The molecule has 0 aromatic carbocycles. The van der Waals surface area contributed by atoms with Crippen molar-refractivity contribution < 1.29 is 9.59 Å². The highest BCUT2D eigenvalue weighted by Crippen LogP contribution is 2.34. The number of Topliss-reactive ketones (excluding diaryl/α,β-unsaturated/α-hetero) is 2. The van der Waals surface area contributed by atoms with E-state index in [4.69, 9.17) is 23.2 Å². The predicted molar refractivity (Wildman–Crippen MR) is 92.9 cm³/mol. The van der Waals surface area contributed by atoms with Gasteiger partial charge in [-0.05, 0) is 42.9 Å². The second-order valence-corrected chi connectivity index (χ2v) is 6.80. The Bertz CT molecular complexity index is 593. The topological polar surface area (TPSA) is 47.0 Å². The van der Waals surface area contributed by atoms with Crippen LogP contribution in [0.4, 0.5) is 0 Å². The Morgan fingerprint density at radius 3 is 2.65 bits per heavy atom. The first-order chi connectivity index (χ1) is 11.0. The largest absolute Gasteiger partial charge is 0.299 e. The number of halogens is 2. The third-order valence-corrected chi connectivity index (χ3v) is 4.64. The molecule has 1 aliphatic carbocycles. The van der Waals surface area contributed by atoms with Crippen LogP contribution in [0.3, 0.4) is 0 Å². The van der Waals surface area contributed by atoms with Crippen LogP contribution in [0.15, 0.2) is 24.3 Å². The zero-order valence-corrected chi connectivity index (χ0v) is 14.7. The molecule has 0 amide bonds. The van der Waals surface area contributed by atoms with E-state index in [0.29, 0.717) is 28.9 Å². The summed E-state index contributed by atoms with van der Waals surface area (Å²) in [5.41, 5.74) is 0.770. The third-order valence-electron chi connectivity index (χ3n) is 4.25. The molecule has 0 aliphatic heterocycles. The van der Waals surface area contributed by atoms with Crippen molar-refractivity contribution in [1.29, 1.82) is 0 Å². The zero-order valence-electron chi connectivity index (χ0n) is 13.2. The maximum Gasteiger partial charge on any atom is 0.137 e. The number of carbonyl (C=O) groups excluding carboxylic acids is 2. The molecule has 0 saturated heterocycles. The molecule has 124 valence electrons. The molecule has 0 spiro atoms. The SMILES string of the molecule is CC/C=C\C[C@@H]1C(=O)CC[C@H]1CC(=O)Cc1cc(Cl)nc(Cl)c1. The van der Waals surface area contributed by atoms with Gasteiger partial charge in [0.15, 0.2) is 0 Å². The summed E-state index contributed by atoms with van der Waals surface area (Å²) >= 11 is 11.7. The number of rotatable bonds is 7. The highest BCUT2D eigenvalue weighted by atomic mass is 35.5. The van der Waals surface area contributed by atoms with Crippen LogP contribution in [-0.2, 0) is 16.0 Å².